The van der Waals surface area contributed by atoms with E-state index < -0.39 is 6.09 Å². The predicted molar refractivity (Wildman–Crippen MR) is 65.0 cm³/mol. The van der Waals surface area contributed by atoms with Gasteiger partial charge in [-0.25, -0.2) is 14.7 Å². The Hall–Kier alpha value is -2.01. The Balaban J connectivity index is 2.24. The van der Waals surface area contributed by atoms with Crippen LogP contribution in [0.2, 0.25) is 0 Å². The summed E-state index contributed by atoms with van der Waals surface area (Å²) in [5.74, 6) is 0. The molecular weight excluding hydrogens is 236 g/mol. The Morgan fingerprint density at radius 1 is 1.18 bits per heavy atom. The molecule has 17 heavy (non-hydrogen) atoms. The number of aromatic nitrogens is 1. The van der Waals surface area contributed by atoms with Gasteiger partial charge in [-0.3, -0.25) is 0 Å². The van der Waals surface area contributed by atoms with Gasteiger partial charge in [0.15, 0.2) is 0 Å². The van der Waals surface area contributed by atoms with Crippen LogP contribution < -0.4 is 4.90 Å². The van der Waals surface area contributed by atoms with E-state index in [0.29, 0.717) is 16.4 Å². The van der Waals surface area contributed by atoms with E-state index in [1.807, 2.05) is 18.2 Å². The van der Waals surface area contributed by atoms with Crippen molar-refractivity contribution < 1.29 is 9.90 Å². The molecular formula is C12H8N2O2S. The third-order valence-corrected chi connectivity index (χ3v) is 3.57. The van der Waals surface area contributed by atoms with Crippen molar-refractivity contribution in [2.75, 3.05) is 4.90 Å². The smallest absolute Gasteiger partial charge is 0.416 e. The summed E-state index contributed by atoms with van der Waals surface area (Å²) in [5, 5.41) is 10.0. The molecule has 5 heteroatoms. The van der Waals surface area contributed by atoms with E-state index in [1.54, 1.807) is 24.4 Å². The molecule has 0 saturated heterocycles. The first kappa shape index (κ1) is 10.2. The normalized spacial score (nSPS) is 12.8. The van der Waals surface area contributed by atoms with Crippen LogP contribution in [-0.4, -0.2) is 16.2 Å². The first-order chi connectivity index (χ1) is 8.27. The molecule has 0 fully saturated rings. The van der Waals surface area contributed by atoms with E-state index in [9.17, 15) is 9.90 Å². The largest absolute Gasteiger partial charge is 0.464 e. The van der Waals surface area contributed by atoms with E-state index in [-0.39, 0.29) is 0 Å². The van der Waals surface area contributed by atoms with Crippen molar-refractivity contribution in [1.29, 1.82) is 0 Å². The minimum atomic E-state index is -0.994. The van der Waals surface area contributed by atoms with Gasteiger partial charge in [0.25, 0.3) is 0 Å². The van der Waals surface area contributed by atoms with E-state index in [1.165, 1.54) is 16.7 Å². The van der Waals surface area contributed by atoms with Crippen molar-refractivity contribution in [3.63, 3.8) is 0 Å². The van der Waals surface area contributed by atoms with Crippen LogP contribution >= 0.6 is 11.8 Å². The summed E-state index contributed by atoms with van der Waals surface area (Å²) in [6.07, 6.45) is 0.673. The molecule has 0 saturated carbocycles. The van der Waals surface area contributed by atoms with Crippen LogP contribution in [0, 0.1) is 0 Å². The zero-order chi connectivity index (χ0) is 11.8. The number of rotatable bonds is 0. The van der Waals surface area contributed by atoms with Gasteiger partial charge in [-0.1, -0.05) is 23.9 Å². The lowest BCUT2D eigenvalue weighted by Gasteiger charge is -2.27. The van der Waals surface area contributed by atoms with Crippen LogP contribution in [0.25, 0.3) is 0 Å². The molecule has 0 atom stereocenters. The second kappa shape index (κ2) is 3.78. The lowest BCUT2D eigenvalue weighted by atomic mass is 10.2. The SMILES string of the molecule is O=C(O)N1c2ccccc2Sc2ncccc21. The monoisotopic (exact) mass is 244 g/mol. The van der Waals surface area contributed by atoms with Crippen molar-refractivity contribution in [2.45, 2.75) is 9.92 Å². The first-order valence-corrected chi connectivity index (χ1v) is 5.84. The number of hydrogen-bond acceptors (Lipinski definition) is 3. The minimum Gasteiger partial charge on any atom is -0.464 e. The molecule has 1 amide bonds. The molecule has 0 unspecified atom stereocenters. The summed E-state index contributed by atoms with van der Waals surface area (Å²) < 4.78 is 0. The fraction of sp³-hybridized carbons (Fsp3) is 0. The van der Waals surface area contributed by atoms with E-state index in [0.717, 1.165) is 4.90 Å². The summed E-state index contributed by atoms with van der Waals surface area (Å²) in [5.41, 5.74) is 1.30. The van der Waals surface area contributed by atoms with Crippen LogP contribution in [0.4, 0.5) is 16.2 Å². The molecule has 1 aliphatic rings. The second-order valence-electron chi connectivity index (χ2n) is 3.52. The van der Waals surface area contributed by atoms with Gasteiger partial charge in [0.2, 0.25) is 0 Å². The molecule has 1 aromatic carbocycles. The van der Waals surface area contributed by atoms with Crippen molar-refractivity contribution in [1.82, 2.24) is 4.98 Å². The average molecular weight is 244 g/mol. The maximum Gasteiger partial charge on any atom is 0.416 e. The fourth-order valence-electron chi connectivity index (χ4n) is 1.80. The summed E-state index contributed by atoms with van der Waals surface area (Å²) in [4.78, 5) is 17.8. The number of nitrogens with zero attached hydrogens (tertiary/aromatic N) is 2. The van der Waals surface area contributed by atoms with Gasteiger partial charge in [0.1, 0.15) is 5.03 Å². The number of para-hydroxylation sites is 1. The summed E-state index contributed by atoms with van der Waals surface area (Å²) in [7, 11) is 0. The van der Waals surface area contributed by atoms with Gasteiger partial charge in [0, 0.05) is 11.1 Å². The Labute approximate surface area is 102 Å². The number of hydrogen-bond donors (Lipinski definition) is 1. The summed E-state index contributed by atoms with van der Waals surface area (Å²) in [6, 6.07) is 10.9. The van der Waals surface area contributed by atoms with Gasteiger partial charge >= 0.3 is 6.09 Å². The van der Waals surface area contributed by atoms with Gasteiger partial charge in [-0.05, 0) is 24.3 Å². The molecule has 1 aromatic heterocycles. The Morgan fingerprint density at radius 3 is 2.76 bits per heavy atom. The molecule has 0 spiro atoms. The lowest BCUT2D eigenvalue weighted by Crippen LogP contribution is -2.26. The highest BCUT2D eigenvalue weighted by Gasteiger charge is 2.28. The number of benzene rings is 1. The number of carboxylic acid groups (broad SMARTS) is 1. The van der Waals surface area contributed by atoms with Crippen LogP contribution in [0.15, 0.2) is 52.5 Å². The van der Waals surface area contributed by atoms with Crippen LogP contribution in [0.5, 0.6) is 0 Å². The molecule has 0 bridgehead atoms. The minimum absolute atomic E-state index is 0.615. The lowest BCUT2D eigenvalue weighted by molar-refractivity contribution is 0.204. The van der Waals surface area contributed by atoms with Crippen LogP contribution in [0.3, 0.4) is 0 Å². The van der Waals surface area contributed by atoms with Crippen molar-refractivity contribution in [2.24, 2.45) is 0 Å². The third-order valence-electron chi connectivity index (χ3n) is 2.50. The molecule has 4 nitrogen and oxygen atoms in total. The fourth-order valence-corrected chi connectivity index (χ4v) is 2.80. The molecule has 3 rings (SSSR count). The Bertz CT molecular complexity index is 555. The van der Waals surface area contributed by atoms with Crippen molar-refractivity contribution in [3.8, 4) is 0 Å². The number of anilines is 2. The van der Waals surface area contributed by atoms with Crippen molar-refractivity contribution in [3.05, 3.63) is 42.6 Å². The maximum atomic E-state index is 11.4. The third kappa shape index (κ3) is 1.55. The summed E-state index contributed by atoms with van der Waals surface area (Å²) >= 11 is 1.49. The Kier molecular flexibility index (Phi) is 2.26. The topological polar surface area (TPSA) is 53.4 Å². The van der Waals surface area contributed by atoms with E-state index in [2.05, 4.69) is 4.98 Å². The molecule has 1 N–H and O–H groups in total. The van der Waals surface area contributed by atoms with Crippen LogP contribution in [0.1, 0.15) is 0 Å². The van der Waals surface area contributed by atoms with Gasteiger partial charge < -0.3 is 5.11 Å². The van der Waals surface area contributed by atoms with Crippen molar-refractivity contribution >= 4 is 29.2 Å². The maximum absolute atomic E-state index is 11.4. The standard InChI is InChI=1S/C12H8N2O2S/c15-12(16)14-8-4-1-2-6-10(8)17-11-9(14)5-3-7-13-11/h1-7H,(H,15,16). The van der Waals surface area contributed by atoms with Crippen LogP contribution in [-0.2, 0) is 0 Å². The average Bonchev–Trinajstić information content (AvgIpc) is 2.35. The highest BCUT2D eigenvalue weighted by atomic mass is 32.2. The van der Waals surface area contributed by atoms with E-state index >= 15 is 0 Å². The molecule has 2 heterocycles. The summed E-state index contributed by atoms with van der Waals surface area (Å²) in [6.45, 7) is 0. The quantitative estimate of drug-likeness (QED) is 0.772. The van der Waals surface area contributed by atoms with Gasteiger partial charge in [0.05, 0.1) is 11.4 Å². The zero-order valence-corrected chi connectivity index (χ0v) is 9.52. The number of pyridine rings is 1. The highest BCUT2D eigenvalue weighted by Crippen LogP contribution is 2.46. The number of amides is 1. The van der Waals surface area contributed by atoms with E-state index in [4.69, 9.17) is 0 Å². The first-order valence-electron chi connectivity index (χ1n) is 5.02. The second-order valence-corrected chi connectivity index (χ2v) is 4.55. The molecule has 2 aromatic rings. The predicted octanol–water partition coefficient (Wildman–Crippen LogP) is 3.36. The zero-order valence-electron chi connectivity index (χ0n) is 8.70. The molecule has 1 aliphatic heterocycles. The highest BCUT2D eigenvalue weighted by molar-refractivity contribution is 7.99. The van der Waals surface area contributed by atoms with Gasteiger partial charge in [-0.15, -0.1) is 0 Å². The molecule has 84 valence electrons. The molecule has 0 aliphatic carbocycles. The Morgan fingerprint density at radius 2 is 1.94 bits per heavy atom. The number of fused-ring (bicyclic) bond motifs is 2. The molecule has 0 radical (unpaired) electrons. The van der Waals surface area contributed by atoms with Gasteiger partial charge in [-0.2, -0.15) is 0 Å². The number of carbonyl (C=O) groups is 1.